The highest BCUT2D eigenvalue weighted by Crippen LogP contribution is 2.16. The molecule has 3 rings (SSSR count). The largest absolute Gasteiger partial charge is 0.370 e. The molecule has 0 bridgehead atoms. The van der Waals surface area contributed by atoms with Gasteiger partial charge in [-0.3, -0.25) is 14.8 Å². The van der Waals surface area contributed by atoms with Gasteiger partial charge in [-0.05, 0) is 24.1 Å². The third-order valence-corrected chi connectivity index (χ3v) is 3.54. The van der Waals surface area contributed by atoms with Gasteiger partial charge in [0.05, 0.1) is 12.1 Å². The minimum atomic E-state index is -0.0864. The van der Waals surface area contributed by atoms with Crippen molar-refractivity contribution < 1.29 is 4.79 Å². The Morgan fingerprint density at radius 3 is 2.91 bits per heavy atom. The van der Waals surface area contributed by atoms with Gasteiger partial charge in [-0.15, -0.1) is 0 Å². The van der Waals surface area contributed by atoms with Crippen LogP contribution >= 0.6 is 0 Å². The van der Waals surface area contributed by atoms with Gasteiger partial charge in [-0.2, -0.15) is 0 Å². The Labute approximate surface area is 129 Å². The SMILES string of the molecule is O=C(NCCCNC1=NCc2ccccc21)c1cccnc1. The molecule has 22 heavy (non-hydrogen) atoms. The summed E-state index contributed by atoms with van der Waals surface area (Å²) in [5.74, 6) is 0.867. The number of hydrogen-bond acceptors (Lipinski definition) is 4. The molecule has 5 nitrogen and oxygen atoms in total. The first-order valence-corrected chi connectivity index (χ1v) is 7.39. The van der Waals surface area contributed by atoms with Gasteiger partial charge in [-0.1, -0.05) is 24.3 Å². The lowest BCUT2D eigenvalue weighted by Gasteiger charge is -2.08. The van der Waals surface area contributed by atoms with Crippen molar-refractivity contribution in [2.24, 2.45) is 4.99 Å². The fourth-order valence-electron chi connectivity index (χ4n) is 2.39. The maximum atomic E-state index is 11.8. The number of hydrogen-bond donors (Lipinski definition) is 2. The number of amidine groups is 1. The van der Waals surface area contributed by atoms with Crippen molar-refractivity contribution in [3.63, 3.8) is 0 Å². The summed E-state index contributed by atoms with van der Waals surface area (Å²) in [6, 6.07) is 11.7. The van der Waals surface area contributed by atoms with E-state index in [0.717, 1.165) is 25.3 Å². The average molecular weight is 294 g/mol. The first-order chi connectivity index (χ1) is 10.8. The van der Waals surface area contributed by atoms with Crippen LogP contribution in [0.5, 0.6) is 0 Å². The molecule has 2 aromatic rings. The van der Waals surface area contributed by atoms with E-state index >= 15 is 0 Å². The number of nitrogens with zero attached hydrogens (tertiary/aromatic N) is 2. The van der Waals surface area contributed by atoms with Gasteiger partial charge in [0, 0.05) is 31.0 Å². The van der Waals surface area contributed by atoms with E-state index in [1.807, 2.05) is 12.1 Å². The summed E-state index contributed by atoms with van der Waals surface area (Å²) in [6.45, 7) is 2.15. The number of aromatic nitrogens is 1. The highest BCUT2D eigenvalue weighted by atomic mass is 16.1. The molecule has 1 amide bonds. The van der Waals surface area contributed by atoms with E-state index in [9.17, 15) is 4.79 Å². The van der Waals surface area contributed by atoms with Crippen LogP contribution < -0.4 is 10.6 Å². The smallest absolute Gasteiger partial charge is 0.252 e. The molecule has 0 saturated carbocycles. The number of fused-ring (bicyclic) bond motifs is 1. The number of aliphatic imine (C=N–C) groups is 1. The molecule has 0 unspecified atom stereocenters. The van der Waals surface area contributed by atoms with Crippen LogP contribution in [0.1, 0.15) is 27.9 Å². The topological polar surface area (TPSA) is 66.4 Å². The Bertz CT molecular complexity index is 682. The molecular weight excluding hydrogens is 276 g/mol. The Balaban J connectivity index is 1.39. The van der Waals surface area contributed by atoms with Crippen molar-refractivity contribution >= 4 is 11.7 Å². The van der Waals surface area contributed by atoms with Crippen LogP contribution in [-0.4, -0.2) is 29.8 Å². The van der Waals surface area contributed by atoms with E-state index in [0.29, 0.717) is 12.1 Å². The number of amides is 1. The van der Waals surface area contributed by atoms with Crippen LogP contribution in [0, 0.1) is 0 Å². The standard InChI is InChI=1S/C17H18N4O/c22-17(14-6-3-8-18-11-14)20-10-4-9-19-16-15-7-2-1-5-13(15)12-21-16/h1-3,5-8,11H,4,9-10,12H2,(H,19,21)(H,20,22). The van der Waals surface area contributed by atoms with E-state index in [1.54, 1.807) is 24.5 Å². The quantitative estimate of drug-likeness (QED) is 0.826. The number of carbonyl (C=O) groups is 1. The summed E-state index contributed by atoms with van der Waals surface area (Å²) in [5.41, 5.74) is 3.03. The van der Waals surface area contributed by atoms with Crippen LogP contribution in [0.3, 0.4) is 0 Å². The summed E-state index contributed by atoms with van der Waals surface area (Å²) >= 11 is 0. The van der Waals surface area contributed by atoms with Crippen molar-refractivity contribution in [3.8, 4) is 0 Å². The molecule has 1 aromatic heterocycles. The number of rotatable bonds is 5. The van der Waals surface area contributed by atoms with Crippen molar-refractivity contribution in [1.82, 2.24) is 15.6 Å². The highest BCUT2D eigenvalue weighted by molar-refractivity contribution is 6.01. The number of pyridine rings is 1. The predicted molar refractivity (Wildman–Crippen MR) is 85.9 cm³/mol. The second-order valence-corrected chi connectivity index (χ2v) is 5.10. The first-order valence-electron chi connectivity index (χ1n) is 7.39. The molecule has 0 atom stereocenters. The Hall–Kier alpha value is -2.69. The third kappa shape index (κ3) is 3.31. The van der Waals surface area contributed by atoms with Crippen LogP contribution in [0.15, 0.2) is 53.8 Å². The molecule has 2 heterocycles. The Morgan fingerprint density at radius 1 is 1.14 bits per heavy atom. The summed E-state index contributed by atoms with van der Waals surface area (Å²) in [4.78, 5) is 20.3. The molecular formula is C17H18N4O. The van der Waals surface area contributed by atoms with Crippen molar-refractivity contribution in [2.75, 3.05) is 13.1 Å². The zero-order valence-electron chi connectivity index (χ0n) is 12.2. The van der Waals surface area contributed by atoms with Gasteiger partial charge in [-0.25, -0.2) is 0 Å². The predicted octanol–water partition coefficient (Wildman–Crippen LogP) is 1.75. The zero-order valence-corrected chi connectivity index (χ0v) is 12.2. The van der Waals surface area contributed by atoms with E-state index in [-0.39, 0.29) is 5.91 Å². The number of carbonyl (C=O) groups excluding carboxylic acids is 1. The molecule has 112 valence electrons. The second-order valence-electron chi connectivity index (χ2n) is 5.10. The summed E-state index contributed by atoms with van der Waals surface area (Å²) in [7, 11) is 0. The van der Waals surface area contributed by atoms with Crippen LogP contribution in [0.2, 0.25) is 0 Å². The molecule has 1 aromatic carbocycles. The van der Waals surface area contributed by atoms with Crippen LogP contribution in [-0.2, 0) is 6.54 Å². The second kappa shape index (κ2) is 6.85. The van der Waals surface area contributed by atoms with E-state index in [1.165, 1.54) is 11.1 Å². The number of nitrogens with one attached hydrogen (secondary N) is 2. The average Bonchev–Trinajstić information content (AvgIpc) is 2.98. The molecule has 1 aliphatic heterocycles. The first kappa shape index (κ1) is 14.3. The van der Waals surface area contributed by atoms with Crippen LogP contribution in [0.25, 0.3) is 0 Å². The van der Waals surface area contributed by atoms with E-state index < -0.39 is 0 Å². The molecule has 0 saturated heterocycles. The third-order valence-electron chi connectivity index (χ3n) is 3.54. The maximum Gasteiger partial charge on any atom is 0.252 e. The van der Waals surface area contributed by atoms with Gasteiger partial charge in [0.2, 0.25) is 0 Å². The van der Waals surface area contributed by atoms with Crippen molar-refractivity contribution in [1.29, 1.82) is 0 Å². The summed E-state index contributed by atoms with van der Waals surface area (Å²) in [6.07, 6.45) is 4.06. The molecule has 0 radical (unpaired) electrons. The molecule has 0 aliphatic carbocycles. The lowest BCUT2D eigenvalue weighted by Crippen LogP contribution is -2.29. The van der Waals surface area contributed by atoms with Gasteiger partial charge >= 0.3 is 0 Å². The molecule has 5 heteroatoms. The Kier molecular flexibility index (Phi) is 4.44. The molecule has 0 spiro atoms. The zero-order chi connectivity index (χ0) is 15.2. The molecule has 1 aliphatic rings. The fraction of sp³-hybridized carbons (Fsp3) is 0.235. The number of benzene rings is 1. The molecule has 2 N–H and O–H groups in total. The lowest BCUT2D eigenvalue weighted by molar-refractivity contribution is 0.0953. The highest BCUT2D eigenvalue weighted by Gasteiger charge is 2.13. The van der Waals surface area contributed by atoms with Crippen molar-refractivity contribution in [2.45, 2.75) is 13.0 Å². The minimum absolute atomic E-state index is 0.0864. The normalized spacial score (nSPS) is 12.5. The monoisotopic (exact) mass is 294 g/mol. The lowest BCUT2D eigenvalue weighted by atomic mass is 10.1. The van der Waals surface area contributed by atoms with Crippen molar-refractivity contribution in [3.05, 3.63) is 65.5 Å². The maximum absolute atomic E-state index is 11.8. The van der Waals surface area contributed by atoms with Gasteiger partial charge in [0.25, 0.3) is 5.91 Å². The van der Waals surface area contributed by atoms with Crippen LogP contribution in [0.4, 0.5) is 0 Å². The van der Waals surface area contributed by atoms with Gasteiger partial charge in [0.15, 0.2) is 0 Å². The minimum Gasteiger partial charge on any atom is -0.370 e. The molecule has 0 fully saturated rings. The van der Waals surface area contributed by atoms with Gasteiger partial charge in [0.1, 0.15) is 5.84 Å². The van der Waals surface area contributed by atoms with E-state index in [2.05, 4.69) is 32.7 Å². The fourth-order valence-corrected chi connectivity index (χ4v) is 2.39. The van der Waals surface area contributed by atoms with E-state index in [4.69, 9.17) is 0 Å². The summed E-state index contributed by atoms with van der Waals surface area (Å²) in [5, 5.41) is 6.22. The van der Waals surface area contributed by atoms with Gasteiger partial charge < -0.3 is 10.6 Å². The Morgan fingerprint density at radius 2 is 2.05 bits per heavy atom. The summed E-state index contributed by atoms with van der Waals surface area (Å²) < 4.78 is 0.